The van der Waals surface area contributed by atoms with Gasteiger partial charge in [0, 0.05) is 24.4 Å². The lowest BCUT2D eigenvalue weighted by Gasteiger charge is -2.11. The lowest BCUT2D eigenvalue weighted by Crippen LogP contribution is -2.41. The van der Waals surface area contributed by atoms with Crippen molar-refractivity contribution in [1.82, 2.24) is 9.13 Å². The SMILES string of the molecule is CCc1c2n(c(=O)n(CCC#N)c1=O)CCS2. The van der Waals surface area contributed by atoms with Crippen LogP contribution in [-0.2, 0) is 19.5 Å². The monoisotopic (exact) mass is 251 g/mol. The van der Waals surface area contributed by atoms with Crippen molar-refractivity contribution in [3.05, 3.63) is 26.4 Å². The molecule has 0 aromatic carbocycles. The van der Waals surface area contributed by atoms with E-state index >= 15 is 0 Å². The molecule has 0 spiro atoms. The molecule has 2 heterocycles. The van der Waals surface area contributed by atoms with Gasteiger partial charge < -0.3 is 0 Å². The number of fused-ring (bicyclic) bond motifs is 1. The van der Waals surface area contributed by atoms with Crippen molar-refractivity contribution in [3.8, 4) is 6.07 Å². The minimum atomic E-state index is -0.276. The van der Waals surface area contributed by atoms with E-state index in [9.17, 15) is 9.59 Å². The molecule has 0 radical (unpaired) electrons. The van der Waals surface area contributed by atoms with Crippen molar-refractivity contribution in [2.45, 2.75) is 37.9 Å². The Morgan fingerprint density at radius 2 is 2.24 bits per heavy atom. The molecule has 1 aromatic rings. The van der Waals surface area contributed by atoms with E-state index in [4.69, 9.17) is 5.26 Å². The number of hydrogen-bond donors (Lipinski definition) is 0. The maximum Gasteiger partial charge on any atom is 0.331 e. The third-order valence-electron chi connectivity index (χ3n) is 2.82. The standard InChI is InChI=1S/C11H13N3O2S/c1-2-8-9(15)13(5-3-4-12)11(16)14-6-7-17-10(8)14/h2-3,5-7H2,1H3. The maximum absolute atomic E-state index is 12.1. The first-order valence-electron chi connectivity index (χ1n) is 5.57. The molecule has 6 heteroatoms. The lowest BCUT2D eigenvalue weighted by atomic mass is 10.2. The highest BCUT2D eigenvalue weighted by Crippen LogP contribution is 2.25. The van der Waals surface area contributed by atoms with Gasteiger partial charge in [-0.1, -0.05) is 6.92 Å². The Balaban J connectivity index is 2.66. The van der Waals surface area contributed by atoms with Crippen molar-refractivity contribution in [2.24, 2.45) is 0 Å². The van der Waals surface area contributed by atoms with Crippen LogP contribution in [0.1, 0.15) is 18.9 Å². The summed E-state index contributed by atoms with van der Waals surface area (Å²) in [6.07, 6.45) is 0.804. The number of hydrogen-bond acceptors (Lipinski definition) is 4. The van der Waals surface area contributed by atoms with Gasteiger partial charge in [0.25, 0.3) is 5.56 Å². The number of nitriles is 1. The van der Waals surface area contributed by atoms with Crippen LogP contribution in [0.15, 0.2) is 14.6 Å². The fourth-order valence-corrected chi connectivity index (χ4v) is 3.19. The molecule has 0 bridgehead atoms. The molecule has 0 unspecified atom stereocenters. The van der Waals surface area contributed by atoms with Crippen LogP contribution in [-0.4, -0.2) is 14.9 Å². The highest BCUT2D eigenvalue weighted by atomic mass is 32.2. The van der Waals surface area contributed by atoms with Crippen LogP contribution in [0.2, 0.25) is 0 Å². The zero-order valence-electron chi connectivity index (χ0n) is 9.60. The summed E-state index contributed by atoms with van der Waals surface area (Å²) in [4.78, 5) is 24.2. The number of aromatic nitrogens is 2. The first-order valence-corrected chi connectivity index (χ1v) is 6.55. The summed E-state index contributed by atoms with van der Waals surface area (Å²) in [5.41, 5.74) is 0.195. The van der Waals surface area contributed by atoms with Gasteiger partial charge >= 0.3 is 5.69 Å². The van der Waals surface area contributed by atoms with Crippen molar-refractivity contribution in [2.75, 3.05) is 5.75 Å². The second kappa shape index (κ2) is 4.80. The molecule has 0 saturated heterocycles. The topological polar surface area (TPSA) is 67.8 Å². The summed E-state index contributed by atoms with van der Waals surface area (Å²) in [6.45, 7) is 2.75. The first kappa shape index (κ1) is 12.0. The Morgan fingerprint density at radius 1 is 1.47 bits per heavy atom. The summed E-state index contributed by atoms with van der Waals surface area (Å²) in [6, 6.07) is 1.96. The molecule has 90 valence electrons. The van der Waals surface area contributed by atoms with E-state index in [0.29, 0.717) is 18.5 Å². The molecular weight excluding hydrogens is 238 g/mol. The summed E-state index contributed by atoms with van der Waals surface area (Å²) >= 11 is 1.56. The molecule has 1 aliphatic rings. The van der Waals surface area contributed by atoms with E-state index < -0.39 is 0 Å². The van der Waals surface area contributed by atoms with Gasteiger partial charge in [0.15, 0.2) is 0 Å². The van der Waals surface area contributed by atoms with E-state index in [1.54, 1.807) is 16.3 Å². The van der Waals surface area contributed by atoms with Crippen LogP contribution in [0.25, 0.3) is 0 Å². The van der Waals surface area contributed by atoms with Gasteiger partial charge in [-0.05, 0) is 6.42 Å². The minimum absolute atomic E-state index is 0.185. The normalized spacial score (nSPS) is 13.4. The molecule has 2 rings (SSSR count). The molecular formula is C11H13N3O2S. The van der Waals surface area contributed by atoms with Crippen LogP contribution >= 0.6 is 11.8 Å². The highest BCUT2D eigenvalue weighted by Gasteiger charge is 2.21. The Morgan fingerprint density at radius 3 is 2.88 bits per heavy atom. The smallest absolute Gasteiger partial charge is 0.287 e. The molecule has 0 saturated carbocycles. The Kier molecular flexibility index (Phi) is 3.38. The summed E-state index contributed by atoms with van der Waals surface area (Å²) in [5.74, 6) is 0.837. The van der Waals surface area contributed by atoms with Crippen LogP contribution in [0.5, 0.6) is 0 Å². The number of rotatable bonds is 3. The van der Waals surface area contributed by atoms with Gasteiger partial charge in [0.1, 0.15) is 0 Å². The van der Waals surface area contributed by atoms with Crippen LogP contribution in [0.4, 0.5) is 0 Å². The molecule has 17 heavy (non-hydrogen) atoms. The molecule has 0 fully saturated rings. The fourth-order valence-electron chi connectivity index (χ4n) is 1.99. The second-order valence-corrected chi connectivity index (χ2v) is 4.87. The number of nitrogens with zero attached hydrogens (tertiary/aromatic N) is 3. The fraction of sp³-hybridized carbons (Fsp3) is 0.545. The summed E-state index contributed by atoms with van der Waals surface area (Å²) < 4.78 is 2.85. The predicted octanol–water partition coefficient (Wildman–Crippen LogP) is 0.592. The predicted molar refractivity (Wildman–Crippen MR) is 65.3 cm³/mol. The van der Waals surface area contributed by atoms with Gasteiger partial charge in [0.2, 0.25) is 0 Å². The first-order chi connectivity index (χ1) is 8.20. The van der Waals surface area contributed by atoms with Crippen molar-refractivity contribution in [1.29, 1.82) is 5.26 Å². The highest BCUT2D eigenvalue weighted by molar-refractivity contribution is 7.99. The molecule has 0 aliphatic carbocycles. The third kappa shape index (κ3) is 1.91. The van der Waals surface area contributed by atoms with E-state index in [-0.39, 0.29) is 24.2 Å². The van der Waals surface area contributed by atoms with Crippen molar-refractivity contribution < 1.29 is 0 Å². The van der Waals surface area contributed by atoms with E-state index in [2.05, 4.69) is 0 Å². The van der Waals surface area contributed by atoms with E-state index in [1.165, 1.54) is 4.57 Å². The third-order valence-corrected chi connectivity index (χ3v) is 3.95. The van der Waals surface area contributed by atoms with Crippen molar-refractivity contribution >= 4 is 11.8 Å². The van der Waals surface area contributed by atoms with E-state index in [1.807, 2.05) is 13.0 Å². The molecule has 0 amide bonds. The average molecular weight is 251 g/mol. The quantitative estimate of drug-likeness (QED) is 0.737. The van der Waals surface area contributed by atoms with Gasteiger partial charge in [-0.2, -0.15) is 5.26 Å². The minimum Gasteiger partial charge on any atom is -0.287 e. The zero-order valence-corrected chi connectivity index (χ0v) is 10.4. The summed E-state index contributed by atoms with van der Waals surface area (Å²) in [5, 5.41) is 9.37. The summed E-state index contributed by atoms with van der Waals surface area (Å²) in [7, 11) is 0. The second-order valence-electron chi connectivity index (χ2n) is 3.78. The van der Waals surface area contributed by atoms with Crippen molar-refractivity contribution in [3.63, 3.8) is 0 Å². The molecule has 5 nitrogen and oxygen atoms in total. The largest absolute Gasteiger partial charge is 0.331 e. The van der Waals surface area contributed by atoms with Crippen LogP contribution in [0, 0.1) is 11.3 Å². The molecule has 1 aromatic heterocycles. The van der Waals surface area contributed by atoms with Crippen LogP contribution < -0.4 is 11.2 Å². The zero-order chi connectivity index (χ0) is 12.4. The molecule has 0 atom stereocenters. The van der Waals surface area contributed by atoms with Gasteiger partial charge in [-0.15, -0.1) is 11.8 Å². The van der Waals surface area contributed by atoms with Gasteiger partial charge in [-0.25, -0.2) is 4.79 Å². The van der Waals surface area contributed by atoms with Gasteiger partial charge in [0.05, 0.1) is 17.5 Å². The van der Waals surface area contributed by atoms with Crippen LogP contribution in [0.3, 0.4) is 0 Å². The molecule has 1 aliphatic heterocycles. The Hall–Kier alpha value is -1.48. The average Bonchev–Trinajstić information content (AvgIpc) is 2.79. The lowest BCUT2D eigenvalue weighted by molar-refractivity contribution is 0.540. The Labute approximate surface area is 103 Å². The number of thioether (sulfide) groups is 1. The van der Waals surface area contributed by atoms with Gasteiger partial charge in [-0.3, -0.25) is 13.9 Å². The van der Waals surface area contributed by atoms with E-state index in [0.717, 1.165) is 10.8 Å². The molecule has 0 N–H and O–H groups in total. The Bertz CT molecular complexity index is 594. The maximum atomic E-state index is 12.1.